The molecule has 17 atom stereocenters. The van der Waals surface area contributed by atoms with Gasteiger partial charge in [0, 0.05) is 29.6 Å². The van der Waals surface area contributed by atoms with Gasteiger partial charge in [0.2, 0.25) is 0 Å². The van der Waals surface area contributed by atoms with E-state index in [1.165, 1.54) is 0 Å². The SMILES string of the molecule is CC(=O)O[C@@H]1C[C@@]23C[C@@]24CC[C@H](O[C@@H]2OC[C@@H](O)[C@H](O)[C@H]2O)C(C)(C)[C@@H]4CC=C3[C@]2(C)C[C@@H]3OC4(C[C@@H](C)[C@@H]3[C@@]12C)OCC1(C)OC14. The minimum absolute atomic E-state index is 0.0156. The molecule has 9 rings (SSSR count). The molecule has 0 aromatic heterocycles. The van der Waals surface area contributed by atoms with Crippen molar-refractivity contribution < 1.29 is 48.5 Å². The first-order valence-electron chi connectivity index (χ1n) is 18.2. The van der Waals surface area contributed by atoms with Crippen LogP contribution in [-0.4, -0.2) is 94.9 Å². The highest BCUT2D eigenvalue weighted by molar-refractivity contribution is 5.66. The molecule has 10 heteroatoms. The molecule has 0 bridgehead atoms. The van der Waals surface area contributed by atoms with Crippen molar-refractivity contribution in [2.75, 3.05) is 13.2 Å². The molecule has 262 valence electrons. The summed E-state index contributed by atoms with van der Waals surface area (Å²) in [5.41, 5.74) is 0.598. The van der Waals surface area contributed by atoms with E-state index in [2.05, 4.69) is 47.6 Å². The van der Waals surface area contributed by atoms with Crippen LogP contribution in [0.1, 0.15) is 93.4 Å². The molecule has 0 aromatic carbocycles. The lowest BCUT2D eigenvalue weighted by Gasteiger charge is -2.62. The quantitative estimate of drug-likeness (QED) is 0.234. The summed E-state index contributed by atoms with van der Waals surface area (Å²) in [5.74, 6) is -0.0424. The van der Waals surface area contributed by atoms with E-state index in [9.17, 15) is 20.1 Å². The molecule has 9 aliphatic rings. The number of esters is 1. The van der Waals surface area contributed by atoms with Crippen molar-refractivity contribution in [2.24, 2.45) is 44.8 Å². The van der Waals surface area contributed by atoms with Gasteiger partial charge in [0.15, 0.2) is 12.1 Å². The van der Waals surface area contributed by atoms with Crippen LogP contribution in [0.15, 0.2) is 11.6 Å². The van der Waals surface area contributed by atoms with E-state index in [-0.39, 0.29) is 75.6 Å². The van der Waals surface area contributed by atoms with Crippen molar-refractivity contribution in [1.82, 2.24) is 0 Å². The molecule has 5 aliphatic carbocycles. The van der Waals surface area contributed by atoms with Gasteiger partial charge in [0.25, 0.3) is 0 Å². The molecule has 4 aliphatic heterocycles. The van der Waals surface area contributed by atoms with Gasteiger partial charge >= 0.3 is 5.97 Å². The van der Waals surface area contributed by atoms with Crippen molar-refractivity contribution in [3.8, 4) is 0 Å². The minimum Gasteiger partial charge on any atom is -0.462 e. The van der Waals surface area contributed by atoms with E-state index in [1.807, 2.05) is 0 Å². The standard InChI is InChI=1S/C37H54O10/c1-18-12-37(30-33(6,47-30)17-43-37)46-21-13-32(5)23-9-8-22-31(3,4)24(45-29-28(41)27(40)20(39)15-42-29)10-11-35(22)16-36(23,35)14-25(44-19(2)38)34(32,7)26(18)21/h9,18,20-22,24-30,39-41H,8,10-17H2,1-7H3/t18-,20-,21+,22+,24+,25-,26+,27+,28-,29+,30?,32+,33?,34-,35-,36+,37?/m1/s1. The molecule has 8 fully saturated rings. The zero-order valence-electron chi connectivity index (χ0n) is 29.0. The Morgan fingerprint density at radius 2 is 1.77 bits per heavy atom. The van der Waals surface area contributed by atoms with E-state index in [0.717, 1.165) is 44.9 Å². The second kappa shape index (κ2) is 9.40. The molecule has 0 amide bonds. The number of hydrogen-bond donors (Lipinski definition) is 3. The maximum absolute atomic E-state index is 12.9. The molecule has 10 nitrogen and oxygen atoms in total. The number of allylic oxidation sites excluding steroid dienone is 2. The minimum atomic E-state index is -1.31. The molecule has 3 N–H and O–H groups in total. The lowest BCUT2D eigenvalue weighted by atomic mass is 9.44. The van der Waals surface area contributed by atoms with Gasteiger partial charge in [-0.1, -0.05) is 46.3 Å². The highest BCUT2D eigenvalue weighted by Gasteiger charge is 2.85. The Labute approximate surface area is 277 Å². The summed E-state index contributed by atoms with van der Waals surface area (Å²) < 4.78 is 38.3. The summed E-state index contributed by atoms with van der Waals surface area (Å²) in [6, 6.07) is 0. The molecule has 4 saturated carbocycles. The number of carbonyl (C=O) groups excluding carboxylic acids is 1. The van der Waals surface area contributed by atoms with E-state index in [4.69, 9.17) is 28.4 Å². The summed E-state index contributed by atoms with van der Waals surface area (Å²) in [6.45, 7) is 15.9. The fraction of sp³-hybridized carbons (Fsp3) is 0.919. The van der Waals surface area contributed by atoms with Gasteiger partial charge < -0.3 is 43.7 Å². The van der Waals surface area contributed by atoms with Crippen molar-refractivity contribution in [3.63, 3.8) is 0 Å². The third kappa shape index (κ3) is 3.73. The number of aliphatic hydroxyl groups excluding tert-OH is 3. The third-order valence-electron chi connectivity index (χ3n) is 16.0. The normalized spacial score (nSPS) is 61.1. The number of hydrogen-bond acceptors (Lipinski definition) is 10. The zero-order valence-corrected chi connectivity index (χ0v) is 29.0. The Morgan fingerprint density at radius 1 is 1.00 bits per heavy atom. The van der Waals surface area contributed by atoms with Crippen molar-refractivity contribution >= 4 is 5.97 Å². The van der Waals surface area contributed by atoms with Crippen molar-refractivity contribution in [2.45, 2.75) is 154 Å². The second-order valence-corrected chi connectivity index (χ2v) is 18.5. The van der Waals surface area contributed by atoms with Crippen molar-refractivity contribution in [1.29, 1.82) is 0 Å². The number of rotatable bonds is 3. The molecule has 0 aromatic rings. The number of carbonyl (C=O) groups is 1. The fourth-order valence-electron chi connectivity index (χ4n) is 13.7. The Kier molecular flexibility index (Phi) is 6.37. The third-order valence-corrected chi connectivity index (χ3v) is 16.0. The molecule has 3 spiro atoms. The first-order chi connectivity index (χ1) is 22.0. The fourth-order valence-corrected chi connectivity index (χ4v) is 13.7. The van der Waals surface area contributed by atoms with Crippen LogP contribution in [0, 0.1) is 44.8 Å². The molecule has 47 heavy (non-hydrogen) atoms. The topological polar surface area (TPSA) is 136 Å². The zero-order chi connectivity index (χ0) is 33.3. The summed E-state index contributed by atoms with van der Waals surface area (Å²) in [6.07, 6.45) is 3.70. The van der Waals surface area contributed by atoms with E-state index < -0.39 is 30.4 Å². The Bertz CT molecular complexity index is 1410. The van der Waals surface area contributed by atoms with Crippen LogP contribution in [0.5, 0.6) is 0 Å². The van der Waals surface area contributed by atoms with Gasteiger partial charge in [0.05, 0.1) is 25.4 Å². The number of epoxide rings is 1. The molecular weight excluding hydrogens is 604 g/mol. The number of ether oxygens (including phenoxy) is 6. The van der Waals surface area contributed by atoms with Crippen LogP contribution >= 0.6 is 0 Å². The van der Waals surface area contributed by atoms with E-state index in [0.29, 0.717) is 18.4 Å². The van der Waals surface area contributed by atoms with Crippen LogP contribution in [0.25, 0.3) is 0 Å². The highest BCUT2D eigenvalue weighted by Crippen LogP contribution is 2.88. The van der Waals surface area contributed by atoms with Crippen molar-refractivity contribution in [3.05, 3.63) is 11.6 Å². The number of fused-ring (bicyclic) bond motifs is 6. The summed E-state index contributed by atoms with van der Waals surface area (Å²) >= 11 is 0. The summed E-state index contributed by atoms with van der Waals surface area (Å²) in [5, 5.41) is 30.9. The molecule has 4 saturated heterocycles. The summed E-state index contributed by atoms with van der Waals surface area (Å²) in [7, 11) is 0. The Hall–Kier alpha value is -1.11. The lowest BCUT2D eigenvalue weighted by molar-refractivity contribution is -0.307. The predicted octanol–water partition coefficient (Wildman–Crippen LogP) is 3.63. The van der Waals surface area contributed by atoms with Gasteiger partial charge in [-0.15, -0.1) is 0 Å². The van der Waals surface area contributed by atoms with Crippen LogP contribution in [0.2, 0.25) is 0 Å². The molecular formula is C37H54O10. The largest absolute Gasteiger partial charge is 0.462 e. The molecule has 0 radical (unpaired) electrons. The van der Waals surface area contributed by atoms with Gasteiger partial charge in [-0.05, 0) is 74.0 Å². The van der Waals surface area contributed by atoms with Crippen LogP contribution < -0.4 is 0 Å². The van der Waals surface area contributed by atoms with Gasteiger partial charge in [-0.2, -0.15) is 0 Å². The predicted molar refractivity (Wildman–Crippen MR) is 166 cm³/mol. The monoisotopic (exact) mass is 658 g/mol. The molecule has 4 heterocycles. The maximum Gasteiger partial charge on any atom is 0.302 e. The highest BCUT2D eigenvalue weighted by atomic mass is 16.8. The van der Waals surface area contributed by atoms with Gasteiger partial charge in [-0.25, -0.2) is 0 Å². The Morgan fingerprint density at radius 3 is 2.45 bits per heavy atom. The van der Waals surface area contributed by atoms with Crippen LogP contribution in [-0.2, 0) is 33.2 Å². The lowest BCUT2D eigenvalue weighted by Crippen LogP contribution is -2.61. The van der Waals surface area contributed by atoms with Gasteiger partial charge in [-0.3, -0.25) is 4.79 Å². The van der Waals surface area contributed by atoms with Gasteiger partial charge in [0.1, 0.15) is 36.1 Å². The first kappa shape index (κ1) is 31.8. The van der Waals surface area contributed by atoms with Crippen LogP contribution in [0.4, 0.5) is 0 Å². The first-order valence-corrected chi connectivity index (χ1v) is 18.2. The summed E-state index contributed by atoms with van der Waals surface area (Å²) in [4.78, 5) is 12.9. The maximum atomic E-state index is 12.9. The number of aliphatic hydroxyl groups is 3. The molecule has 3 unspecified atom stereocenters. The Balaban J connectivity index is 1.06. The van der Waals surface area contributed by atoms with E-state index in [1.54, 1.807) is 12.5 Å². The average molecular weight is 659 g/mol. The average Bonchev–Trinajstić information content (AvgIpc) is 3.81. The van der Waals surface area contributed by atoms with Crippen LogP contribution in [0.3, 0.4) is 0 Å². The van der Waals surface area contributed by atoms with E-state index >= 15 is 0 Å². The smallest absolute Gasteiger partial charge is 0.302 e. The second-order valence-electron chi connectivity index (χ2n) is 18.5.